The second-order valence-electron chi connectivity index (χ2n) is 6.37. The van der Waals surface area contributed by atoms with Gasteiger partial charge in [0.2, 0.25) is 5.91 Å². The minimum Gasteiger partial charge on any atom is -0.353 e. The van der Waals surface area contributed by atoms with E-state index >= 15 is 0 Å². The number of hydrogen-bond donors (Lipinski definition) is 2. The second kappa shape index (κ2) is 7.78. The summed E-state index contributed by atoms with van der Waals surface area (Å²) in [6, 6.07) is 0.392. The van der Waals surface area contributed by atoms with E-state index in [9.17, 15) is 4.79 Å². The first-order valence-electron chi connectivity index (χ1n) is 7.52. The van der Waals surface area contributed by atoms with Crippen LogP contribution in [0.5, 0.6) is 0 Å². The molecule has 106 valence electrons. The highest BCUT2D eigenvalue weighted by molar-refractivity contribution is 5.76. The fourth-order valence-electron chi connectivity index (χ4n) is 2.99. The molecule has 0 radical (unpaired) electrons. The molecule has 0 saturated heterocycles. The fourth-order valence-corrected chi connectivity index (χ4v) is 2.99. The normalized spacial score (nSPS) is 26.1. The van der Waals surface area contributed by atoms with Gasteiger partial charge in [-0.3, -0.25) is 4.79 Å². The zero-order chi connectivity index (χ0) is 13.5. The summed E-state index contributed by atoms with van der Waals surface area (Å²) in [6.07, 6.45) is 6.59. The highest BCUT2D eigenvalue weighted by Gasteiger charge is 2.23. The van der Waals surface area contributed by atoms with E-state index in [1.54, 1.807) is 0 Å². The molecule has 0 bridgehead atoms. The number of amides is 1. The highest BCUT2D eigenvalue weighted by Crippen LogP contribution is 2.24. The molecule has 0 aromatic carbocycles. The Kier molecular flexibility index (Phi) is 6.69. The maximum atomic E-state index is 12.0. The van der Waals surface area contributed by atoms with Crippen LogP contribution in [0.3, 0.4) is 0 Å². The van der Waals surface area contributed by atoms with Gasteiger partial charge >= 0.3 is 0 Å². The average Bonchev–Trinajstić information content (AvgIpc) is 2.30. The Morgan fingerprint density at radius 3 is 2.56 bits per heavy atom. The van der Waals surface area contributed by atoms with Gasteiger partial charge in [-0.15, -0.1) is 0 Å². The lowest BCUT2D eigenvalue weighted by atomic mass is 9.85. The SMILES string of the molecule is CC(C)C[C@H](CN)CC(=O)NC1CCCCC1C. The summed E-state index contributed by atoms with van der Waals surface area (Å²) in [5.41, 5.74) is 5.75. The molecule has 0 aromatic rings. The van der Waals surface area contributed by atoms with E-state index in [1.807, 2.05) is 0 Å². The van der Waals surface area contributed by atoms with Crippen molar-refractivity contribution >= 4 is 5.91 Å². The number of nitrogens with two attached hydrogens (primary N) is 1. The van der Waals surface area contributed by atoms with Crippen LogP contribution in [0.25, 0.3) is 0 Å². The van der Waals surface area contributed by atoms with Crippen LogP contribution in [0.4, 0.5) is 0 Å². The maximum Gasteiger partial charge on any atom is 0.220 e. The number of hydrogen-bond acceptors (Lipinski definition) is 2. The molecular formula is C15H30N2O. The molecular weight excluding hydrogens is 224 g/mol. The van der Waals surface area contributed by atoms with Crippen molar-refractivity contribution in [2.75, 3.05) is 6.54 Å². The Bertz CT molecular complexity index is 253. The van der Waals surface area contributed by atoms with Crippen LogP contribution >= 0.6 is 0 Å². The molecule has 3 heteroatoms. The van der Waals surface area contributed by atoms with Gasteiger partial charge in [0.1, 0.15) is 0 Å². The van der Waals surface area contributed by atoms with Crippen LogP contribution in [0.1, 0.15) is 59.3 Å². The van der Waals surface area contributed by atoms with Crippen LogP contribution < -0.4 is 11.1 Å². The lowest BCUT2D eigenvalue weighted by Crippen LogP contribution is -2.42. The summed E-state index contributed by atoms with van der Waals surface area (Å²) in [7, 11) is 0. The van der Waals surface area contributed by atoms with Gasteiger partial charge in [-0.1, -0.05) is 33.6 Å². The van der Waals surface area contributed by atoms with Crippen molar-refractivity contribution in [3.05, 3.63) is 0 Å². The molecule has 1 fully saturated rings. The van der Waals surface area contributed by atoms with Crippen LogP contribution in [0.15, 0.2) is 0 Å². The third-order valence-electron chi connectivity index (χ3n) is 4.07. The summed E-state index contributed by atoms with van der Waals surface area (Å²) in [5.74, 6) is 1.78. The molecule has 2 unspecified atom stereocenters. The Morgan fingerprint density at radius 1 is 1.33 bits per heavy atom. The van der Waals surface area contributed by atoms with E-state index in [1.165, 1.54) is 19.3 Å². The zero-order valence-corrected chi connectivity index (χ0v) is 12.2. The predicted octanol–water partition coefficient (Wildman–Crippen LogP) is 2.69. The first kappa shape index (κ1) is 15.5. The summed E-state index contributed by atoms with van der Waals surface area (Å²) in [6.45, 7) is 7.23. The van der Waals surface area contributed by atoms with Crippen LogP contribution in [-0.2, 0) is 4.79 Å². The summed E-state index contributed by atoms with van der Waals surface area (Å²) < 4.78 is 0. The van der Waals surface area contributed by atoms with Gasteiger partial charge in [0.25, 0.3) is 0 Å². The second-order valence-corrected chi connectivity index (χ2v) is 6.37. The van der Waals surface area contributed by atoms with Gasteiger partial charge in [-0.2, -0.15) is 0 Å². The molecule has 18 heavy (non-hydrogen) atoms. The third kappa shape index (κ3) is 5.38. The molecule has 1 aliphatic rings. The summed E-state index contributed by atoms with van der Waals surface area (Å²) in [4.78, 5) is 12.0. The minimum atomic E-state index is 0.199. The first-order chi connectivity index (χ1) is 8.52. The van der Waals surface area contributed by atoms with Crippen molar-refractivity contribution < 1.29 is 4.79 Å². The number of carbonyl (C=O) groups excluding carboxylic acids is 1. The molecule has 1 amide bonds. The van der Waals surface area contributed by atoms with E-state index in [0.29, 0.717) is 36.8 Å². The van der Waals surface area contributed by atoms with Crippen molar-refractivity contribution in [2.24, 2.45) is 23.5 Å². The fraction of sp³-hybridized carbons (Fsp3) is 0.933. The standard InChI is InChI=1S/C15H30N2O/c1-11(2)8-13(10-16)9-15(18)17-14-7-5-4-6-12(14)3/h11-14H,4-10,16H2,1-3H3,(H,17,18)/t12?,13-,14?/m0/s1. The van der Waals surface area contributed by atoms with Gasteiger partial charge in [0.05, 0.1) is 0 Å². The van der Waals surface area contributed by atoms with Crippen LogP contribution in [0, 0.1) is 17.8 Å². The highest BCUT2D eigenvalue weighted by atomic mass is 16.1. The largest absolute Gasteiger partial charge is 0.353 e. The van der Waals surface area contributed by atoms with Crippen molar-refractivity contribution in [1.29, 1.82) is 0 Å². The predicted molar refractivity (Wildman–Crippen MR) is 76.2 cm³/mol. The lowest BCUT2D eigenvalue weighted by Gasteiger charge is -2.30. The lowest BCUT2D eigenvalue weighted by molar-refractivity contribution is -0.123. The number of carbonyl (C=O) groups is 1. The molecule has 1 saturated carbocycles. The monoisotopic (exact) mass is 254 g/mol. The third-order valence-corrected chi connectivity index (χ3v) is 4.07. The Balaban J connectivity index is 2.34. The van der Waals surface area contributed by atoms with Crippen molar-refractivity contribution in [3.8, 4) is 0 Å². The molecule has 3 N–H and O–H groups in total. The molecule has 1 rings (SSSR count). The zero-order valence-electron chi connectivity index (χ0n) is 12.2. The smallest absolute Gasteiger partial charge is 0.220 e. The van der Waals surface area contributed by atoms with Gasteiger partial charge in [0, 0.05) is 12.5 Å². The maximum absolute atomic E-state index is 12.0. The van der Waals surface area contributed by atoms with Crippen LogP contribution in [-0.4, -0.2) is 18.5 Å². The Morgan fingerprint density at radius 2 is 2.00 bits per heavy atom. The van der Waals surface area contributed by atoms with Gasteiger partial charge in [-0.05, 0) is 43.6 Å². The van der Waals surface area contributed by atoms with Gasteiger partial charge in [-0.25, -0.2) is 0 Å². The van der Waals surface area contributed by atoms with Crippen molar-refractivity contribution in [3.63, 3.8) is 0 Å². The van der Waals surface area contributed by atoms with Crippen molar-refractivity contribution in [2.45, 2.75) is 65.3 Å². The number of nitrogens with one attached hydrogen (secondary N) is 1. The van der Waals surface area contributed by atoms with E-state index in [-0.39, 0.29) is 5.91 Å². The molecule has 0 aromatic heterocycles. The van der Waals surface area contributed by atoms with Crippen LogP contribution in [0.2, 0.25) is 0 Å². The topological polar surface area (TPSA) is 55.1 Å². The molecule has 0 heterocycles. The van der Waals surface area contributed by atoms with Gasteiger partial charge in [0.15, 0.2) is 0 Å². The first-order valence-corrected chi connectivity index (χ1v) is 7.52. The number of rotatable bonds is 6. The molecule has 0 aliphatic heterocycles. The quantitative estimate of drug-likeness (QED) is 0.765. The van der Waals surface area contributed by atoms with E-state index in [2.05, 4.69) is 26.1 Å². The molecule has 1 aliphatic carbocycles. The van der Waals surface area contributed by atoms with E-state index in [0.717, 1.165) is 12.8 Å². The minimum absolute atomic E-state index is 0.199. The van der Waals surface area contributed by atoms with E-state index in [4.69, 9.17) is 5.73 Å². The average molecular weight is 254 g/mol. The molecule has 3 atom stereocenters. The Hall–Kier alpha value is -0.570. The van der Waals surface area contributed by atoms with E-state index < -0.39 is 0 Å². The molecule has 0 spiro atoms. The Labute approximate surface area is 112 Å². The van der Waals surface area contributed by atoms with Crippen molar-refractivity contribution in [1.82, 2.24) is 5.32 Å². The van der Waals surface area contributed by atoms with Gasteiger partial charge < -0.3 is 11.1 Å². The summed E-state index contributed by atoms with van der Waals surface area (Å²) >= 11 is 0. The molecule has 3 nitrogen and oxygen atoms in total. The summed E-state index contributed by atoms with van der Waals surface area (Å²) in [5, 5.41) is 3.21.